The van der Waals surface area contributed by atoms with Crippen molar-refractivity contribution < 1.29 is 14.3 Å². The van der Waals surface area contributed by atoms with Crippen molar-refractivity contribution in [1.29, 1.82) is 0 Å². The highest BCUT2D eigenvalue weighted by molar-refractivity contribution is 8.13. The zero-order chi connectivity index (χ0) is 16.9. The average Bonchev–Trinajstić information content (AvgIpc) is 2.98. The summed E-state index contributed by atoms with van der Waals surface area (Å²) in [5, 5.41) is -0.109. The molecule has 0 saturated carbocycles. The maximum absolute atomic E-state index is 12.7. The fraction of sp³-hybridized carbons (Fsp3) is 0.556. The first-order chi connectivity index (χ1) is 10.9. The average molecular weight is 353 g/mol. The third kappa shape index (κ3) is 5.88. The van der Waals surface area contributed by atoms with E-state index in [9.17, 15) is 9.59 Å². The van der Waals surface area contributed by atoms with Crippen LogP contribution in [0, 0.1) is 5.92 Å². The van der Waals surface area contributed by atoms with Crippen molar-refractivity contribution in [2.45, 2.75) is 38.7 Å². The van der Waals surface area contributed by atoms with Crippen LogP contribution in [0.1, 0.15) is 38.7 Å². The Bertz CT molecular complexity index is 531. The molecule has 2 atom stereocenters. The standard InChI is InChI=1S/C18H24O3S2/c1-18(2,3)21-16(19)15(14-7-5-4-6-8-14)17(20)23-12-13-9-10-22-11-13/h4-8,13,15H,9-12H2,1-3H3. The van der Waals surface area contributed by atoms with Crippen LogP contribution >= 0.6 is 23.5 Å². The lowest BCUT2D eigenvalue weighted by atomic mass is 10.0. The number of carbonyl (C=O) groups is 2. The molecule has 1 aromatic rings. The smallest absolute Gasteiger partial charge is 0.322 e. The Morgan fingerprint density at radius 3 is 2.57 bits per heavy atom. The van der Waals surface area contributed by atoms with Gasteiger partial charge in [-0.25, -0.2) is 0 Å². The summed E-state index contributed by atoms with van der Waals surface area (Å²) in [7, 11) is 0. The van der Waals surface area contributed by atoms with Crippen molar-refractivity contribution in [2.75, 3.05) is 17.3 Å². The molecule has 1 aliphatic rings. The molecule has 3 nitrogen and oxygen atoms in total. The Hall–Kier alpha value is -0.940. The highest BCUT2D eigenvalue weighted by Crippen LogP contribution is 2.31. The molecule has 1 aliphatic heterocycles. The van der Waals surface area contributed by atoms with Crippen LogP contribution in [0.3, 0.4) is 0 Å². The third-order valence-corrected chi connectivity index (χ3v) is 5.89. The van der Waals surface area contributed by atoms with Gasteiger partial charge in [-0.05, 0) is 50.2 Å². The van der Waals surface area contributed by atoms with E-state index in [-0.39, 0.29) is 5.12 Å². The fourth-order valence-electron chi connectivity index (χ4n) is 2.37. The first-order valence-electron chi connectivity index (χ1n) is 7.89. The summed E-state index contributed by atoms with van der Waals surface area (Å²) in [4.78, 5) is 25.2. The predicted octanol–water partition coefficient (Wildman–Crippen LogP) is 4.12. The van der Waals surface area contributed by atoms with Gasteiger partial charge in [-0.2, -0.15) is 11.8 Å². The first kappa shape index (κ1) is 18.4. The Morgan fingerprint density at radius 2 is 2.00 bits per heavy atom. The summed E-state index contributed by atoms with van der Waals surface area (Å²) in [5.41, 5.74) is 0.108. The number of benzene rings is 1. The molecule has 5 heteroatoms. The van der Waals surface area contributed by atoms with Crippen LogP contribution < -0.4 is 0 Å². The molecule has 0 bridgehead atoms. The van der Waals surface area contributed by atoms with Crippen molar-refractivity contribution in [3.63, 3.8) is 0 Å². The van der Waals surface area contributed by atoms with E-state index in [2.05, 4.69) is 0 Å². The van der Waals surface area contributed by atoms with E-state index in [1.54, 1.807) is 0 Å². The van der Waals surface area contributed by atoms with E-state index < -0.39 is 17.5 Å². The summed E-state index contributed by atoms with van der Waals surface area (Å²) in [6.45, 7) is 5.46. The zero-order valence-corrected chi connectivity index (χ0v) is 15.5. The maximum Gasteiger partial charge on any atom is 0.322 e. The van der Waals surface area contributed by atoms with Gasteiger partial charge in [0.25, 0.3) is 0 Å². The lowest BCUT2D eigenvalue weighted by Crippen LogP contribution is -2.31. The van der Waals surface area contributed by atoms with Crippen LogP contribution in [0.4, 0.5) is 0 Å². The monoisotopic (exact) mass is 352 g/mol. The second-order valence-corrected chi connectivity index (χ2v) is 8.91. The van der Waals surface area contributed by atoms with Crippen molar-refractivity contribution in [3.8, 4) is 0 Å². The Kier molecular flexibility index (Phi) is 6.60. The quantitative estimate of drug-likeness (QED) is 0.589. The van der Waals surface area contributed by atoms with Gasteiger partial charge >= 0.3 is 5.97 Å². The van der Waals surface area contributed by atoms with Gasteiger partial charge in [-0.3, -0.25) is 9.59 Å². The molecule has 23 heavy (non-hydrogen) atoms. The summed E-state index contributed by atoms with van der Waals surface area (Å²) in [5.74, 6) is 2.36. The second kappa shape index (κ2) is 8.25. The molecule has 0 amide bonds. The molecule has 1 heterocycles. The molecule has 0 aliphatic carbocycles. The van der Waals surface area contributed by atoms with Crippen LogP contribution in [-0.4, -0.2) is 33.9 Å². The van der Waals surface area contributed by atoms with Gasteiger partial charge in [0.2, 0.25) is 5.12 Å². The fourth-order valence-corrected chi connectivity index (χ4v) is 4.89. The number of carbonyl (C=O) groups excluding carboxylic acids is 2. The molecule has 2 rings (SSSR count). The lowest BCUT2D eigenvalue weighted by molar-refractivity contribution is -0.157. The molecule has 2 unspecified atom stereocenters. The van der Waals surface area contributed by atoms with Crippen LogP contribution in [0.5, 0.6) is 0 Å². The van der Waals surface area contributed by atoms with Crippen molar-refractivity contribution in [3.05, 3.63) is 35.9 Å². The van der Waals surface area contributed by atoms with Crippen LogP contribution in [0.15, 0.2) is 30.3 Å². The van der Waals surface area contributed by atoms with E-state index in [0.717, 1.165) is 17.9 Å². The maximum atomic E-state index is 12.7. The van der Waals surface area contributed by atoms with E-state index >= 15 is 0 Å². The molecule has 1 saturated heterocycles. The molecular weight excluding hydrogens is 328 g/mol. The molecule has 0 spiro atoms. The SMILES string of the molecule is CC(C)(C)OC(=O)C(C(=O)SCC1CCSC1)c1ccccc1. The third-order valence-electron chi connectivity index (χ3n) is 3.50. The summed E-state index contributed by atoms with van der Waals surface area (Å²) >= 11 is 3.21. The summed E-state index contributed by atoms with van der Waals surface area (Å²) in [6.07, 6.45) is 1.16. The van der Waals surface area contributed by atoms with E-state index in [0.29, 0.717) is 11.5 Å². The number of rotatable bonds is 5. The molecule has 0 N–H and O–H groups in total. The number of thioether (sulfide) groups is 2. The van der Waals surface area contributed by atoms with E-state index in [1.165, 1.54) is 17.5 Å². The molecule has 1 fully saturated rings. The molecule has 1 aromatic carbocycles. The topological polar surface area (TPSA) is 43.4 Å². The Labute approximate surface area is 146 Å². The predicted molar refractivity (Wildman–Crippen MR) is 97.9 cm³/mol. The van der Waals surface area contributed by atoms with Gasteiger partial charge in [0.1, 0.15) is 5.60 Å². The van der Waals surface area contributed by atoms with Gasteiger partial charge in [0, 0.05) is 5.75 Å². The normalized spacial score (nSPS) is 19.3. The Morgan fingerprint density at radius 1 is 1.30 bits per heavy atom. The van der Waals surface area contributed by atoms with Crippen molar-refractivity contribution in [2.24, 2.45) is 5.92 Å². The first-order valence-corrected chi connectivity index (χ1v) is 10.0. The number of esters is 1. The van der Waals surface area contributed by atoms with Gasteiger partial charge in [0.15, 0.2) is 5.92 Å². The van der Waals surface area contributed by atoms with Crippen molar-refractivity contribution in [1.82, 2.24) is 0 Å². The van der Waals surface area contributed by atoms with Crippen LogP contribution in [0.25, 0.3) is 0 Å². The number of hydrogen-bond donors (Lipinski definition) is 0. The lowest BCUT2D eigenvalue weighted by Gasteiger charge is -2.23. The summed E-state index contributed by atoms with van der Waals surface area (Å²) in [6, 6.07) is 9.20. The molecule has 0 radical (unpaired) electrons. The van der Waals surface area contributed by atoms with Crippen LogP contribution in [-0.2, 0) is 14.3 Å². The van der Waals surface area contributed by atoms with Gasteiger partial charge in [-0.15, -0.1) is 0 Å². The highest BCUT2D eigenvalue weighted by atomic mass is 32.2. The van der Waals surface area contributed by atoms with Gasteiger partial charge in [-0.1, -0.05) is 42.1 Å². The van der Waals surface area contributed by atoms with E-state index in [4.69, 9.17) is 4.74 Å². The van der Waals surface area contributed by atoms with Crippen molar-refractivity contribution >= 4 is 34.6 Å². The minimum Gasteiger partial charge on any atom is -0.459 e. The second-order valence-electron chi connectivity index (χ2n) is 6.74. The number of ether oxygens (including phenoxy) is 1. The zero-order valence-electron chi connectivity index (χ0n) is 13.9. The van der Waals surface area contributed by atoms with Gasteiger partial charge < -0.3 is 4.74 Å². The summed E-state index contributed by atoms with van der Waals surface area (Å²) < 4.78 is 5.47. The largest absolute Gasteiger partial charge is 0.459 e. The Balaban J connectivity index is 2.09. The molecule has 0 aromatic heterocycles. The minimum atomic E-state index is -0.838. The van der Waals surface area contributed by atoms with Gasteiger partial charge in [0.05, 0.1) is 0 Å². The molecular formula is C18H24O3S2. The highest BCUT2D eigenvalue weighted by Gasteiger charge is 2.33. The molecule has 126 valence electrons. The number of hydrogen-bond acceptors (Lipinski definition) is 5. The minimum absolute atomic E-state index is 0.109. The van der Waals surface area contributed by atoms with Crippen LogP contribution in [0.2, 0.25) is 0 Å². The van der Waals surface area contributed by atoms with E-state index in [1.807, 2.05) is 62.9 Å².